The molecular weight excluding hydrogens is 480 g/mol. The number of amides is 2. The fourth-order valence-corrected chi connectivity index (χ4v) is 4.71. The van der Waals surface area contributed by atoms with Crippen molar-refractivity contribution in [3.63, 3.8) is 0 Å². The van der Waals surface area contributed by atoms with Gasteiger partial charge < -0.3 is 15.3 Å². The van der Waals surface area contributed by atoms with Crippen LogP contribution >= 0.6 is 11.8 Å². The van der Waals surface area contributed by atoms with E-state index in [0.29, 0.717) is 5.56 Å². The zero-order valence-electron chi connectivity index (χ0n) is 19.3. The van der Waals surface area contributed by atoms with Crippen LogP contribution < -0.4 is 11.1 Å². The van der Waals surface area contributed by atoms with Gasteiger partial charge in [0.1, 0.15) is 34.3 Å². The molecule has 0 saturated heterocycles. The third-order valence-electron chi connectivity index (χ3n) is 5.09. The maximum atomic E-state index is 14.6. The third kappa shape index (κ3) is 5.95. The number of carbonyl (C=O) groups excluding carboxylic acids is 2. The summed E-state index contributed by atoms with van der Waals surface area (Å²) in [7, 11) is 1.38. The van der Waals surface area contributed by atoms with Crippen molar-refractivity contribution in [2.75, 3.05) is 13.7 Å². The standard InChI is InChI=1S/C23H25F2N5O4S/c1-14(33-3)21(32)30-23(16-7-5-4-6-8-16,11-12-34-29-22(26)27-15(2)31)35-20(28-30)18-13-17(24)9-10-19(18)25/h4-10,13-14H,11-12H2,1-3H3,(H3,26,27,29,31). The van der Waals surface area contributed by atoms with Gasteiger partial charge in [-0.05, 0) is 35.8 Å². The molecule has 9 nitrogen and oxygen atoms in total. The quantitative estimate of drug-likeness (QED) is 0.247. The minimum Gasteiger partial charge on any atom is -0.393 e. The van der Waals surface area contributed by atoms with Crippen LogP contribution in [0, 0.1) is 11.6 Å². The van der Waals surface area contributed by atoms with Crippen molar-refractivity contribution in [3.8, 4) is 0 Å². The van der Waals surface area contributed by atoms with E-state index < -0.39 is 34.4 Å². The third-order valence-corrected chi connectivity index (χ3v) is 6.54. The van der Waals surface area contributed by atoms with Crippen molar-refractivity contribution >= 4 is 34.6 Å². The topological polar surface area (TPSA) is 119 Å². The molecular formula is C23H25F2N5O4S. The van der Waals surface area contributed by atoms with E-state index in [1.165, 1.54) is 19.0 Å². The van der Waals surface area contributed by atoms with Gasteiger partial charge in [-0.25, -0.2) is 13.8 Å². The van der Waals surface area contributed by atoms with Crippen LogP contribution in [0.25, 0.3) is 0 Å². The van der Waals surface area contributed by atoms with Crippen molar-refractivity contribution in [1.29, 1.82) is 0 Å². The largest absolute Gasteiger partial charge is 0.393 e. The van der Waals surface area contributed by atoms with Crippen molar-refractivity contribution in [2.45, 2.75) is 31.2 Å². The first-order valence-corrected chi connectivity index (χ1v) is 11.4. The Labute approximate surface area is 205 Å². The predicted molar refractivity (Wildman–Crippen MR) is 128 cm³/mol. The van der Waals surface area contributed by atoms with Gasteiger partial charge in [0.25, 0.3) is 5.91 Å². The number of carbonyl (C=O) groups is 2. The van der Waals surface area contributed by atoms with Gasteiger partial charge in [-0.3, -0.25) is 14.9 Å². The molecule has 2 aromatic rings. The van der Waals surface area contributed by atoms with Crippen molar-refractivity contribution in [1.82, 2.24) is 10.3 Å². The minimum absolute atomic E-state index is 0.0538. The summed E-state index contributed by atoms with van der Waals surface area (Å²) in [5, 5.41) is 11.7. The Morgan fingerprint density at radius 1 is 1.26 bits per heavy atom. The Morgan fingerprint density at radius 3 is 2.63 bits per heavy atom. The van der Waals surface area contributed by atoms with Gasteiger partial charge in [0.15, 0.2) is 0 Å². The number of methoxy groups -OCH3 is 1. The summed E-state index contributed by atoms with van der Waals surface area (Å²) in [6.07, 6.45) is -0.738. The first-order chi connectivity index (χ1) is 16.7. The number of nitrogens with zero attached hydrogens (tertiary/aromatic N) is 3. The van der Waals surface area contributed by atoms with Crippen molar-refractivity contribution in [2.24, 2.45) is 16.0 Å². The number of thioether (sulfide) groups is 1. The van der Waals surface area contributed by atoms with E-state index in [0.717, 1.165) is 30.0 Å². The van der Waals surface area contributed by atoms with Gasteiger partial charge in [0, 0.05) is 26.0 Å². The predicted octanol–water partition coefficient (Wildman–Crippen LogP) is 2.86. The molecule has 12 heteroatoms. The van der Waals surface area contributed by atoms with E-state index >= 15 is 0 Å². The zero-order valence-corrected chi connectivity index (χ0v) is 20.1. The lowest BCUT2D eigenvalue weighted by Crippen LogP contribution is -2.46. The molecule has 1 aliphatic heterocycles. The normalized spacial score (nSPS) is 18.7. The van der Waals surface area contributed by atoms with Crippen LogP contribution in [0.2, 0.25) is 0 Å². The summed E-state index contributed by atoms with van der Waals surface area (Å²) in [4.78, 5) is 28.5. The number of oxime groups is 1. The number of hydrogen-bond donors (Lipinski definition) is 2. The molecule has 35 heavy (non-hydrogen) atoms. The number of hydrogen-bond acceptors (Lipinski definition) is 7. The Kier molecular flexibility index (Phi) is 8.41. The van der Waals surface area contributed by atoms with E-state index in [1.807, 2.05) is 6.07 Å². The van der Waals surface area contributed by atoms with Crippen LogP contribution in [0.4, 0.5) is 8.78 Å². The highest BCUT2D eigenvalue weighted by molar-refractivity contribution is 8.15. The molecule has 0 bridgehead atoms. The molecule has 2 atom stereocenters. The highest BCUT2D eigenvalue weighted by Gasteiger charge is 2.50. The summed E-state index contributed by atoms with van der Waals surface area (Å²) >= 11 is 1.08. The fraction of sp³-hybridized carbons (Fsp3) is 0.304. The lowest BCUT2D eigenvalue weighted by Gasteiger charge is -2.36. The maximum absolute atomic E-state index is 14.6. The van der Waals surface area contributed by atoms with Crippen molar-refractivity contribution in [3.05, 3.63) is 71.3 Å². The highest BCUT2D eigenvalue weighted by atomic mass is 32.2. The summed E-state index contributed by atoms with van der Waals surface area (Å²) in [5.74, 6) is -2.46. The Bertz CT molecular complexity index is 1150. The van der Waals surface area contributed by atoms with E-state index in [-0.39, 0.29) is 29.6 Å². The molecule has 186 valence electrons. The number of nitrogens with one attached hydrogen (secondary N) is 1. The fourth-order valence-electron chi connectivity index (χ4n) is 3.35. The smallest absolute Gasteiger partial charge is 0.273 e. The average Bonchev–Trinajstić information content (AvgIpc) is 3.23. The SMILES string of the molecule is COC(C)C(=O)N1N=C(c2cc(F)ccc2F)SC1(CCON=C(N)NC(C)=O)c1ccccc1. The first-order valence-electron chi connectivity index (χ1n) is 10.6. The number of benzene rings is 2. The zero-order chi connectivity index (χ0) is 25.6. The summed E-state index contributed by atoms with van der Waals surface area (Å²) in [6.45, 7) is 2.78. The molecule has 0 aromatic heterocycles. The number of nitrogens with two attached hydrogens (primary N) is 1. The van der Waals surface area contributed by atoms with Crippen molar-refractivity contribution < 1.29 is 27.9 Å². The number of hydrazone groups is 1. The van der Waals surface area contributed by atoms with Crippen LogP contribution in [-0.2, 0) is 24.0 Å². The number of rotatable bonds is 8. The van der Waals surface area contributed by atoms with Crippen LogP contribution in [0.3, 0.4) is 0 Å². The second-order valence-corrected chi connectivity index (χ2v) is 8.82. The number of guanidine groups is 1. The minimum atomic E-state index is -1.20. The Morgan fingerprint density at radius 2 is 1.97 bits per heavy atom. The molecule has 2 amide bonds. The van der Waals surface area contributed by atoms with Gasteiger partial charge in [0.2, 0.25) is 11.9 Å². The van der Waals surface area contributed by atoms with Gasteiger partial charge in [-0.1, -0.05) is 42.1 Å². The average molecular weight is 506 g/mol. The molecule has 2 unspecified atom stereocenters. The molecule has 1 heterocycles. The van der Waals surface area contributed by atoms with Gasteiger partial charge in [-0.2, -0.15) is 5.10 Å². The van der Waals surface area contributed by atoms with Gasteiger partial charge in [0.05, 0.1) is 0 Å². The summed E-state index contributed by atoms with van der Waals surface area (Å²) in [6, 6.07) is 12.0. The Balaban J connectivity index is 2.03. The van der Waals surface area contributed by atoms with E-state index in [1.54, 1.807) is 31.2 Å². The molecule has 1 aliphatic rings. The van der Waals surface area contributed by atoms with E-state index in [4.69, 9.17) is 15.3 Å². The van der Waals surface area contributed by atoms with Crippen LogP contribution in [0.15, 0.2) is 58.8 Å². The van der Waals surface area contributed by atoms with Gasteiger partial charge in [-0.15, -0.1) is 0 Å². The molecule has 0 fully saturated rings. The van der Waals surface area contributed by atoms with E-state index in [9.17, 15) is 18.4 Å². The summed E-state index contributed by atoms with van der Waals surface area (Å²) in [5.41, 5.74) is 6.17. The number of halogens is 2. The molecule has 3 N–H and O–H groups in total. The molecule has 0 saturated carbocycles. The maximum Gasteiger partial charge on any atom is 0.273 e. The monoisotopic (exact) mass is 505 g/mol. The molecule has 0 aliphatic carbocycles. The lowest BCUT2D eigenvalue weighted by molar-refractivity contribution is -0.145. The first kappa shape index (κ1) is 26.1. The molecule has 0 spiro atoms. The summed E-state index contributed by atoms with van der Waals surface area (Å²) < 4.78 is 33.8. The lowest BCUT2D eigenvalue weighted by atomic mass is 10.0. The number of ether oxygens (including phenoxy) is 1. The van der Waals surface area contributed by atoms with Gasteiger partial charge >= 0.3 is 0 Å². The Hall–Kier alpha value is -3.51. The van der Waals surface area contributed by atoms with Crippen LogP contribution in [-0.4, -0.2) is 47.6 Å². The molecule has 2 aromatic carbocycles. The highest BCUT2D eigenvalue weighted by Crippen LogP contribution is 2.50. The second-order valence-electron chi connectivity index (χ2n) is 7.55. The van der Waals surface area contributed by atoms with Crippen LogP contribution in [0.1, 0.15) is 31.4 Å². The second kappa shape index (κ2) is 11.3. The van der Waals surface area contributed by atoms with E-state index in [2.05, 4.69) is 15.6 Å². The van der Waals surface area contributed by atoms with Crippen LogP contribution in [0.5, 0.6) is 0 Å². The molecule has 0 radical (unpaired) electrons. The molecule has 3 rings (SSSR count).